The van der Waals surface area contributed by atoms with Gasteiger partial charge in [0.15, 0.2) is 0 Å². The van der Waals surface area contributed by atoms with Crippen LogP contribution < -0.4 is 4.74 Å². The lowest BCUT2D eigenvalue weighted by molar-refractivity contribution is -0.134. The Hall–Kier alpha value is -2.24. The van der Waals surface area contributed by atoms with Crippen molar-refractivity contribution in [3.05, 3.63) is 36.2 Å². The molecule has 6 nitrogen and oxygen atoms in total. The number of tetrazole rings is 1. The topological polar surface area (TPSA) is 69.9 Å². The lowest BCUT2D eigenvalue weighted by Gasteiger charge is -2.04. The van der Waals surface area contributed by atoms with E-state index in [0.717, 1.165) is 5.82 Å². The van der Waals surface area contributed by atoms with Crippen molar-refractivity contribution < 1.29 is 9.53 Å². The van der Waals surface area contributed by atoms with Crippen molar-refractivity contribution in [2.75, 3.05) is 0 Å². The molecule has 0 saturated heterocycles. The zero-order valence-corrected chi connectivity index (χ0v) is 10.1. The summed E-state index contributed by atoms with van der Waals surface area (Å²) in [6.45, 7) is 2.44. The third kappa shape index (κ3) is 3.38. The van der Waals surface area contributed by atoms with Crippen LogP contribution in [0.15, 0.2) is 30.3 Å². The van der Waals surface area contributed by atoms with E-state index in [2.05, 4.69) is 15.5 Å². The number of ether oxygens (including phenoxy) is 1. The lowest BCUT2D eigenvalue weighted by Crippen LogP contribution is -2.10. The molecular formula is C12H14N4O2. The Kier molecular flexibility index (Phi) is 4.01. The van der Waals surface area contributed by atoms with Crippen LogP contribution in [0.5, 0.6) is 5.75 Å². The molecule has 0 aliphatic rings. The number of nitrogens with zero attached hydrogens (tertiary/aromatic N) is 4. The largest absolute Gasteiger partial charge is 0.427 e. The molecule has 1 aromatic carbocycles. The average molecular weight is 246 g/mol. The molecule has 0 aliphatic carbocycles. The Morgan fingerprint density at radius 1 is 1.33 bits per heavy atom. The standard InChI is InChI=1S/C12H14N4O2/c1-10-13-14-15-16(10)9-5-8-12(17)18-11-6-3-2-4-7-11/h2-4,6-7H,5,8-9H2,1H3. The highest BCUT2D eigenvalue weighted by atomic mass is 16.5. The van der Waals surface area contributed by atoms with E-state index in [0.29, 0.717) is 25.1 Å². The summed E-state index contributed by atoms with van der Waals surface area (Å²) in [6.07, 6.45) is 0.992. The van der Waals surface area contributed by atoms with Crippen molar-refractivity contribution in [1.82, 2.24) is 20.2 Å². The SMILES string of the molecule is Cc1nnnn1CCCC(=O)Oc1ccccc1. The molecule has 1 heterocycles. The van der Waals surface area contributed by atoms with Gasteiger partial charge < -0.3 is 4.74 Å². The first-order chi connectivity index (χ1) is 8.75. The summed E-state index contributed by atoms with van der Waals surface area (Å²) < 4.78 is 6.83. The molecule has 0 saturated carbocycles. The van der Waals surface area contributed by atoms with Crippen LogP contribution in [-0.4, -0.2) is 26.2 Å². The number of aryl methyl sites for hydroxylation is 2. The van der Waals surface area contributed by atoms with Crippen LogP contribution in [0.1, 0.15) is 18.7 Å². The van der Waals surface area contributed by atoms with Gasteiger partial charge in [0.2, 0.25) is 0 Å². The van der Waals surface area contributed by atoms with E-state index in [1.807, 2.05) is 25.1 Å². The molecule has 0 atom stereocenters. The smallest absolute Gasteiger partial charge is 0.311 e. The molecule has 0 bridgehead atoms. The zero-order valence-electron chi connectivity index (χ0n) is 10.1. The van der Waals surface area contributed by atoms with Gasteiger partial charge in [-0.05, 0) is 35.9 Å². The number of carbonyl (C=O) groups excluding carboxylic acids is 1. The van der Waals surface area contributed by atoms with Gasteiger partial charge in [-0.1, -0.05) is 18.2 Å². The maximum absolute atomic E-state index is 11.5. The van der Waals surface area contributed by atoms with Crippen LogP contribution in [0.25, 0.3) is 0 Å². The van der Waals surface area contributed by atoms with Gasteiger partial charge in [-0.3, -0.25) is 4.79 Å². The number of hydrogen-bond acceptors (Lipinski definition) is 5. The third-order valence-corrected chi connectivity index (χ3v) is 2.44. The average Bonchev–Trinajstić information content (AvgIpc) is 2.76. The lowest BCUT2D eigenvalue weighted by atomic mass is 10.3. The summed E-state index contributed by atoms with van der Waals surface area (Å²) in [4.78, 5) is 11.5. The molecule has 1 aromatic heterocycles. The molecule has 0 amide bonds. The minimum absolute atomic E-state index is 0.244. The number of rotatable bonds is 5. The maximum Gasteiger partial charge on any atom is 0.311 e. The predicted molar refractivity (Wildman–Crippen MR) is 63.9 cm³/mol. The number of carbonyl (C=O) groups is 1. The van der Waals surface area contributed by atoms with Gasteiger partial charge in [0, 0.05) is 13.0 Å². The van der Waals surface area contributed by atoms with E-state index in [1.165, 1.54) is 0 Å². The first-order valence-corrected chi connectivity index (χ1v) is 5.74. The van der Waals surface area contributed by atoms with Crippen molar-refractivity contribution in [1.29, 1.82) is 0 Å². The van der Waals surface area contributed by atoms with Crippen LogP contribution >= 0.6 is 0 Å². The van der Waals surface area contributed by atoms with Crippen LogP contribution in [0.4, 0.5) is 0 Å². The second kappa shape index (κ2) is 5.90. The number of aromatic nitrogens is 4. The monoisotopic (exact) mass is 246 g/mol. The number of hydrogen-bond donors (Lipinski definition) is 0. The summed E-state index contributed by atoms with van der Waals surface area (Å²) in [5, 5.41) is 11.1. The molecule has 6 heteroatoms. The molecule has 0 N–H and O–H groups in total. The van der Waals surface area contributed by atoms with Gasteiger partial charge in [0.25, 0.3) is 0 Å². The molecule has 0 unspecified atom stereocenters. The van der Waals surface area contributed by atoms with Crippen molar-refractivity contribution in [2.45, 2.75) is 26.3 Å². The summed E-state index contributed by atoms with van der Waals surface area (Å²) in [5.74, 6) is 1.07. The Bertz CT molecular complexity index is 510. The number of para-hydroxylation sites is 1. The summed E-state index contributed by atoms with van der Waals surface area (Å²) >= 11 is 0. The summed E-state index contributed by atoms with van der Waals surface area (Å²) in [7, 11) is 0. The summed E-state index contributed by atoms with van der Waals surface area (Å²) in [5.41, 5.74) is 0. The first-order valence-electron chi connectivity index (χ1n) is 5.74. The minimum atomic E-state index is -0.244. The summed E-state index contributed by atoms with van der Waals surface area (Å²) in [6, 6.07) is 9.03. The van der Waals surface area contributed by atoms with E-state index < -0.39 is 0 Å². The highest BCUT2D eigenvalue weighted by Crippen LogP contribution is 2.09. The van der Waals surface area contributed by atoms with Crippen LogP contribution in [0.3, 0.4) is 0 Å². The van der Waals surface area contributed by atoms with Crippen molar-refractivity contribution >= 4 is 5.97 Å². The van der Waals surface area contributed by atoms with Crippen molar-refractivity contribution in [2.24, 2.45) is 0 Å². The number of esters is 1. The predicted octanol–water partition coefficient (Wildman–Crippen LogP) is 1.37. The van der Waals surface area contributed by atoms with Gasteiger partial charge in [-0.25, -0.2) is 4.68 Å². The van der Waals surface area contributed by atoms with Crippen LogP contribution in [0.2, 0.25) is 0 Å². The van der Waals surface area contributed by atoms with Gasteiger partial charge in [0.1, 0.15) is 11.6 Å². The van der Waals surface area contributed by atoms with Gasteiger partial charge in [0.05, 0.1) is 0 Å². The normalized spacial score (nSPS) is 10.3. The molecule has 18 heavy (non-hydrogen) atoms. The zero-order chi connectivity index (χ0) is 12.8. The van der Waals surface area contributed by atoms with Crippen LogP contribution in [0, 0.1) is 6.92 Å². The highest BCUT2D eigenvalue weighted by molar-refractivity contribution is 5.72. The van der Waals surface area contributed by atoms with Crippen molar-refractivity contribution in [3.8, 4) is 5.75 Å². The van der Waals surface area contributed by atoms with E-state index >= 15 is 0 Å². The van der Waals surface area contributed by atoms with E-state index in [1.54, 1.807) is 16.8 Å². The molecule has 2 rings (SSSR count). The van der Waals surface area contributed by atoms with Crippen molar-refractivity contribution in [3.63, 3.8) is 0 Å². The Morgan fingerprint density at radius 2 is 2.11 bits per heavy atom. The molecule has 0 aliphatic heterocycles. The fraction of sp³-hybridized carbons (Fsp3) is 0.333. The Morgan fingerprint density at radius 3 is 2.78 bits per heavy atom. The van der Waals surface area contributed by atoms with E-state index in [4.69, 9.17) is 4.74 Å². The van der Waals surface area contributed by atoms with Gasteiger partial charge >= 0.3 is 5.97 Å². The molecular weight excluding hydrogens is 232 g/mol. The Labute approximate surface area is 105 Å². The minimum Gasteiger partial charge on any atom is -0.427 e. The van der Waals surface area contributed by atoms with E-state index in [9.17, 15) is 4.79 Å². The van der Waals surface area contributed by atoms with Gasteiger partial charge in [-0.15, -0.1) is 5.10 Å². The quantitative estimate of drug-likeness (QED) is 0.588. The molecule has 94 valence electrons. The molecule has 2 aromatic rings. The highest BCUT2D eigenvalue weighted by Gasteiger charge is 2.06. The molecule has 0 radical (unpaired) electrons. The fourth-order valence-electron chi connectivity index (χ4n) is 1.50. The second-order valence-electron chi connectivity index (χ2n) is 3.84. The third-order valence-electron chi connectivity index (χ3n) is 2.44. The molecule has 0 spiro atoms. The van der Waals surface area contributed by atoms with Gasteiger partial charge in [-0.2, -0.15) is 0 Å². The first kappa shape index (κ1) is 12.2. The number of benzene rings is 1. The van der Waals surface area contributed by atoms with E-state index in [-0.39, 0.29) is 5.97 Å². The fourth-order valence-corrected chi connectivity index (χ4v) is 1.50. The Balaban J connectivity index is 1.74. The maximum atomic E-state index is 11.5. The van der Waals surface area contributed by atoms with Crippen LogP contribution in [-0.2, 0) is 11.3 Å². The molecule has 0 fully saturated rings. The second-order valence-corrected chi connectivity index (χ2v) is 3.84.